The van der Waals surface area contributed by atoms with Gasteiger partial charge in [-0.3, -0.25) is 4.79 Å². The molecule has 0 aliphatic carbocycles. The second kappa shape index (κ2) is 7.27. The Hall–Kier alpha value is -2.67. The summed E-state index contributed by atoms with van der Waals surface area (Å²) in [6.07, 6.45) is 4.23. The number of nitrogens with zero attached hydrogens (tertiary/aromatic N) is 3. The number of benzene rings is 1. The van der Waals surface area contributed by atoms with Crippen LogP contribution in [0.15, 0.2) is 42.2 Å². The van der Waals surface area contributed by atoms with Crippen LogP contribution in [0.4, 0.5) is 0 Å². The maximum atomic E-state index is 12.2. The van der Waals surface area contributed by atoms with Gasteiger partial charge in [0.15, 0.2) is 0 Å². The highest BCUT2D eigenvalue weighted by molar-refractivity contribution is 7.09. The lowest BCUT2D eigenvalue weighted by Crippen LogP contribution is -2.23. The molecule has 124 valence electrons. The quantitative estimate of drug-likeness (QED) is 0.748. The SMILES string of the molecule is CCc1nc(CNC(=O)c2cn(-c3ccc(OC)cc3)cn2)cs1. The van der Waals surface area contributed by atoms with E-state index in [-0.39, 0.29) is 5.91 Å². The van der Waals surface area contributed by atoms with Crippen LogP contribution in [0, 0.1) is 0 Å². The summed E-state index contributed by atoms with van der Waals surface area (Å²) >= 11 is 1.61. The normalized spacial score (nSPS) is 10.6. The van der Waals surface area contributed by atoms with Crippen molar-refractivity contribution >= 4 is 17.2 Å². The molecule has 7 heteroatoms. The summed E-state index contributed by atoms with van der Waals surface area (Å²) in [6, 6.07) is 7.54. The predicted octanol–water partition coefficient (Wildman–Crippen LogP) is 2.83. The summed E-state index contributed by atoms with van der Waals surface area (Å²) in [4.78, 5) is 20.8. The number of carbonyl (C=O) groups excluding carboxylic acids is 1. The summed E-state index contributed by atoms with van der Waals surface area (Å²) in [6.45, 7) is 2.47. The molecule has 3 rings (SSSR count). The molecule has 1 N–H and O–H groups in total. The molecule has 0 atom stereocenters. The van der Waals surface area contributed by atoms with E-state index in [1.54, 1.807) is 35.5 Å². The number of thiazole rings is 1. The van der Waals surface area contributed by atoms with Gasteiger partial charge in [-0.25, -0.2) is 9.97 Å². The van der Waals surface area contributed by atoms with Crippen molar-refractivity contribution in [3.05, 3.63) is 58.6 Å². The average molecular weight is 342 g/mol. The molecule has 0 bridgehead atoms. The van der Waals surface area contributed by atoms with Crippen LogP contribution in [0.2, 0.25) is 0 Å². The molecule has 0 saturated heterocycles. The molecule has 0 aliphatic heterocycles. The topological polar surface area (TPSA) is 69.0 Å². The van der Waals surface area contributed by atoms with Crippen LogP contribution in [-0.4, -0.2) is 27.6 Å². The van der Waals surface area contributed by atoms with Crippen LogP contribution in [0.3, 0.4) is 0 Å². The van der Waals surface area contributed by atoms with Gasteiger partial charge in [0.05, 0.1) is 24.4 Å². The van der Waals surface area contributed by atoms with Crippen molar-refractivity contribution < 1.29 is 9.53 Å². The maximum Gasteiger partial charge on any atom is 0.271 e. The van der Waals surface area contributed by atoms with Crippen LogP contribution in [0.25, 0.3) is 5.69 Å². The zero-order valence-electron chi connectivity index (χ0n) is 13.5. The molecule has 24 heavy (non-hydrogen) atoms. The monoisotopic (exact) mass is 342 g/mol. The van der Waals surface area contributed by atoms with E-state index < -0.39 is 0 Å². The van der Waals surface area contributed by atoms with Crippen LogP contribution < -0.4 is 10.1 Å². The standard InChI is InChI=1S/C17H18N4O2S/c1-3-16-20-12(10-24-16)8-18-17(22)15-9-21(11-19-15)13-4-6-14(23-2)7-5-13/h4-7,9-11H,3,8H2,1-2H3,(H,18,22). The Morgan fingerprint density at radius 2 is 2.12 bits per heavy atom. The van der Waals surface area contributed by atoms with Crippen molar-refractivity contribution in [2.24, 2.45) is 0 Å². The summed E-state index contributed by atoms with van der Waals surface area (Å²) in [7, 11) is 1.63. The van der Waals surface area contributed by atoms with Gasteiger partial charge in [-0.15, -0.1) is 11.3 Å². The van der Waals surface area contributed by atoms with E-state index in [1.807, 2.05) is 29.6 Å². The lowest BCUT2D eigenvalue weighted by atomic mass is 10.3. The highest BCUT2D eigenvalue weighted by Crippen LogP contribution is 2.15. The van der Waals surface area contributed by atoms with Gasteiger partial charge in [0.25, 0.3) is 5.91 Å². The third-order valence-electron chi connectivity index (χ3n) is 3.52. The number of hydrogen-bond donors (Lipinski definition) is 1. The minimum atomic E-state index is -0.215. The van der Waals surface area contributed by atoms with E-state index in [0.717, 1.165) is 28.6 Å². The van der Waals surface area contributed by atoms with Gasteiger partial charge < -0.3 is 14.6 Å². The maximum absolute atomic E-state index is 12.2. The van der Waals surface area contributed by atoms with E-state index >= 15 is 0 Å². The molecule has 2 heterocycles. The molecule has 0 saturated carbocycles. The fourth-order valence-corrected chi connectivity index (χ4v) is 2.93. The van der Waals surface area contributed by atoms with Crippen molar-refractivity contribution in [3.63, 3.8) is 0 Å². The van der Waals surface area contributed by atoms with Crippen LogP contribution in [0.5, 0.6) is 5.75 Å². The van der Waals surface area contributed by atoms with Crippen LogP contribution in [-0.2, 0) is 13.0 Å². The molecule has 3 aromatic rings. The second-order valence-electron chi connectivity index (χ2n) is 5.13. The summed E-state index contributed by atoms with van der Waals surface area (Å²) < 4.78 is 6.94. The molecule has 2 aromatic heterocycles. The van der Waals surface area contributed by atoms with Gasteiger partial charge in [-0.2, -0.15) is 0 Å². The summed E-state index contributed by atoms with van der Waals surface area (Å²) in [5, 5.41) is 5.88. The molecular weight excluding hydrogens is 324 g/mol. The Kier molecular flexibility index (Phi) is 4.90. The van der Waals surface area contributed by atoms with Crippen molar-refractivity contribution in [3.8, 4) is 11.4 Å². The van der Waals surface area contributed by atoms with Gasteiger partial charge in [0, 0.05) is 17.3 Å². The van der Waals surface area contributed by atoms with Gasteiger partial charge in [0.2, 0.25) is 0 Å². The molecule has 6 nitrogen and oxygen atoms in total. The minimum Gasteiger partial charge on any atom is -0.497 e. The second-order valence-corrected chi connectivity index (χ2v) is 6.08. The van der Waals surface area contributed by atoms with E-state index in [1.165, 1.54) is 0 Å². The Labute approximate surface area is 144 Å². The van der Waals surface area contributed by atoms with Gasteiger partial charge in [0.1, 0.15) is 17.8 Å². The number of amides is 1. The van der Waals surface area contributed by atoms with Crippen molar-refractivity contribution in [1.29, 1.82) is 0 Å². The van der Waals surface area contributed by atoms with Crippen LogP contribution in [0.1, 0.15) is 28.1 Å². The summed E-state index contributed by atoms with van der Waals surface area (Å²) in [5.41, 5.74) is 2.16. The molecule has 0 radical (unpaired) electrons. The lowest BCUT2D eigenvalue weighted by molar-refractivity contribution is 0.0946. The van der Waals surface area contributed by atoms with Crippen LogP contribution >= 0.6 is 11.3 Å². The predicted molar refractivity (Wildman–Crippen MR) is 92.8 cm³/mol. The zero-order chi connectivity index (χ0) is 16.9. The Morgan fingerprint density at radius 1 is 1.33 bits per heavy atom. The number of imidazole rings is 1. The fourth-order valence-electron chi connectivity index (χ4n) is 2.19. The van der Waals surface area contributed by atoms with E-state index in [2.05, 4.69) is 22.2 Å². The first-order valence-electron chi connectivity index (χ1n) is 7.59. The van der Waals surface area contributed by atoms with Crippen molar-refractivity contribution in [2.75, 3.05) is 7.11 Å². The summed E-state index contributed by atoms with van der Waals surface area (Å²) in [5.74, 6) is 0.569. The minimum absolute atomic E-state index is 0.215. The molecule has 0 fully saturated rings. The molecule has 0 spiro atoms. The van der Waals surface area contributed by atoms with Gasteiger partial charge in [-0.05, 0) is 30.7 Å². The Balaban J connectivity index is 1.64. The number of nitrogens with one attached hydrogen (secondary N) is 1. The highest BCUT2D eigenvalue weighted by atomic mass is 32.1. The van der Waals surface area contributed by atoms with Crippen molar-refractivity contribution in [1.82, 2.24) is 19.9 Å². The number of aromatic nitrogens is 3. The number of hydrogen-bond acceptors (Lipinski definition) is 5. The largest absolute Gasteiger partial charge is 0.497 e. The van der Waals surface area contributed by atoms with Gasteiger partial charge >= 0.3 is 0 Å². The molecule has 1 amide bonds. The average Bonchev–Trinajstić information content (AvgIpc) is 3.29. The van der Waals surface area contributed by atoms with E-state index in [4.69, 9.17) is 4.74 Å². The lowest BCUT2D eigenvalue weighted by Gasteiger charge is -2.03. The molecule has 1 aromatic carbocycles. The zero-order valence-corrected chi connectivity index (χ0v) is 14.3. The first-order chi connectivity index (χ1) is 11.7. The number of carbonyl (C=O) groups is 1. The third kappa shape index (κ3) is 3.62. The Morgan fingerprint density at radius 3 is 2.79 bits per heavy atom. The fraction of sp³-hybridized carbons (Fsp3) is 0.235. The first-order valence-corrected chi connectivity index (χ1v) is 8.47. The molecular formula is C17H18N4O2S. The molecule has 0 unspecified atom stereocenters. The first kappa shape index (κ1) is 16.2. The third-order valence-corrected chi connectivity index (χ3v) is 4.56. The number of aryl methyl sites for hydroxylation is 1. The molecule has 0 aliphatic rings. The number of ether oxygens (including phenoxy) is 1. The number of methoxy groups -OCH3 is 1. The Bertz CT molecular complexity index is 823. The number of rotatable bonds is 6. The van der Waals surface area contributed by atoms with E-state index in [0.29, 0.717) is 12.2 Å². The van der Waals surface area contributed by atoms with Gasteiger partial charge in [-0.1, -0.05) is 6.92 Å². The van der Waals surface area contributed by atoms with E-state index in [9.17, 15) is 4.79 Å². The highest BCUT2D eigenvalue weighted by Gasteiger charge is 2.11. The smallest absolute Gasteiger partial charge is 0.271 e. The van der Waals surface area contributed by atoms with Crippen molar-refractivity contribution in [2.45, 2.75) is 19.9 Å².